The second-order valence-electron chi connectivity index (χ2n) is 6.85. The van der Waals surface area contributed by atoms with E-state index >= 15 is 0 Å². The molecule has 0 saturated heterocycles. The highest BCUT2D eigenvalue weighted by atomic mass is 16.5. The third-order valence-electron chi connectivity index (χ3n) is 4.98. The van der Waals surface area contributed by atoms with Gasteiger partial charge in [-0.05, 0) is 49.1 Å². The predicted octanol–water partition coefficient (Wildman–Crippen LogP) is 3.42. The summed E-state index contributed by atoms with van der Waals surface area (Å²) in [6, 6.07) is 10.9. The van der Waals surface area contributed by atoms with E-state index in [4.69, 9.17) is 4.74 Å². The van der Waals surface area contributed by atoms with Crippen molar-refractivity contribution in [3.8, 4) is 5.75 Å². The zero-order valence-corrected chi connectivity index (χ0v) is 15.2. The number of benzene rings is 2. The number of ether oxygens (including phenoxy) is 1. The summed E-state index contributed by atoms with van der Waals surface area (Å²) in [5.41, 5.74) is 4.86. The number of nitrogens with one attached hydrogen (secondary N) is 1. The average Bonchev–Trinajstić information content (AvgIpc) is 2.97. The number of carbonyl (C=O) groups is 2. The van der Waals surface area contributed by atoms with Crippen molar-refractivity contribution in [1.29, 1.82) is 0 Å². The van der Waals surface area contributed by atoms with E-state index in [9.17, 15) is 14.7 Å². The van der Waals surface area contributed by atoms with Gasteiger partial charge in [0.15, 0.2) is 0 Å². The summed E-state index contributed by atoms with van der Waals surface area (Å²) < 4.78 is 5.68. The molecule has 0 radical (unpaired) electrons. The van der Waals surface area contributed by atoms with Crippen LogP contribution in [0.4, 0.5) is 0 Å². The molecule has 1 aliphatic heterocycles. The van der Waals surface area contributed by atoms with Crippen LogP contribution >= 0.6 is 0 Å². The minimum absolute atomic E-state index is 0.163. The summed E-state index contributed by atoms with van der Waals surface area (Å²) in [4.78, 5) is 24.2. The van der Waals surface area contributed by atoms with E-state index in [1.54, 1.807) is 0 Å². The number of amides is 1. The number of aliphatic carboxylic acids is 1. The fourth-order valence-electron chi connectivity index (χ4n) is 3.35. The molecule has 0 spiro atoms. The Bertz CT molecular complexity index is 859. The number of hydrogen-bond acceptors (Lipinski definition) is 3. The van der Waals surface area contributed by atoms with Crippen molar-refractivity contribution >= 4 is 11.9 Å². The lowest BCUT2D eigenvalue weighted by molar-refractivity contribution is -0.137. The van der Waals surface area contributed by atoms with Gasteiger partial charge in [0.2, 0.25) is 5.91 Å². The van der Waals surface area contributed by atoms with Gasteiger partial charge in [-0.25, -0.2) is 0 Å². The van der Waals surface area contributed by atoms with Gasteiger partial charge < -0.3 is 15.2 Å². The SMILES string of the molecule is Cc1cc2c(cc1C)C(C(=O)NC(CC(=O)O)c1ccccc1C)CO2. The topological polar surface area (TPSA) is 75.6 Å². The molecule has 2 unspecified atom stereocenters. The number of hydrogen-bond donors (Lipinski definition) is 2. The fourth-order valence-corrected chi connectivity index (χ4v) is 3.35. The van der Waals surface area contributed by atoms with Crippen LogP contribution in [0.2, 0.25) is 0 Å². The number of aryl methyl sites for hydroxylation is 3. The second-order valence-corrected chi connectivity index (χ2v) is 6.85. The fraction of sp³-hybridized carbons (Fsp3) is 0.333. The van der Waals surface area contributed by atoms with Crippen molar-refractivity contribution in [2.45, 2.75) is 39.2 Å². The third-order valence-corrected chi connectivity index (χ3v) is 4.98. The summed E-state index contributed by atoms with van der Waals surface area (Å²) in [7, 11) is 0. The molecule has 2 aromatic carbocycles. The smallest absolute Gasteiger partial charge is 0.305 e. The van der Waals surface area contributed by atoms with Gasteiger partial charge in [-0.2, -0.15) is 0 Å². The summed E-state index contributed by atoms with van der Waals surface area (Å²) in [6.45, 7) is 6.20. The zero-order valence-electron chi connectivity index (χ0n) is 15.2. The van der Waals surface area contributed by atoms with Crippen LogP contribution in [0.5, 0.6) is 5.75 Å². The molecule has 0 bridgehead atoms. The van der Waals surface area contributed by atoms with Gasteiger partial charge >= 0.3 is 5.97 Å². The summed E-state index contributed by atoms with van der Waals surface area (Å²) in [5.74, 6) is -0.849. The zero-order chi connectivity index (χ0) is 18.8. The van der Waals surface area contributed by atoms with Crippen molar-refractivity contribution in [3.05, 3.63) is 64.2 Å². The standard InChI is InChI=1S/C21H23NO4/c1-12-6-4-5-7-15(12)18(10-20(23)24)22-21(25)17-11-26-19-9-14(3)13(2)8-16(17)19/h4-9,17-18H,10-11H2,1-3H3,(H,22,25)(H,23,24). The second kappa shape index (κ2) is 7.20. The Labute approximate surface area is 153 Å². The van der Waals surface area contributed by atoms with Crippen LogP contribution in [-0.4, -0.2) is 23.6 Å². The number of carboxylic acids is 1. The normalized spacial score (nSPS) is 16.5. The predicted molar refractivity (Wildman–Crippen MR) is 98.5 cm³/mol. The molecule has 0 fully saturated rings. The molecule has 1 heterocycles. The third kappa shape index (κ3) is 3.57. The first-order valence-electron chi connectivity index (χ1n) is 8.68. The minimum Gasteiger partial charge on any atom is -0.492 e. The molecule has 2 atom stereocenters. The maximum Gasteiger partial charge on any atom is 0.305 e. The van der Waals surface area contributed by atoms with Crippen LogP contribution in [0.25, 0.3) is 0 Å². The van der Waals surface area contributed by atoms with Crippen molar-refractivity contribution in [1.82, 2.24) is 5.32 Å². The summed E-state index contributed by atoms with van der Waals surface area (Å²) in [6.07, 6.45) is -0.163. The van der Waals surface area contributed by atoms with Gasteiger partial charge in [0, 0.05) is 5.56 Å². The Morgan fingerprint density at radius 1 is 1.15 bits per heavy atom. The lowest BCUT2D eigenvalue weighted by Gasteiger charge is -2.21. The molecule has 0 aromatic heterocycles. The summed E-state index contributed by atoms with van der Waals surface area (Å²) in [5, 5.41) is 12.2. The molecule has 26 heavy (non-hydrogen) atoms. The quantitative estimate of drug-likeness (QED) is 0.864. The van der Waals surface area contributed by atoms with E-state index in [1.807, 2.05) is 57.2 Å². The highest BCUT2D eigenvalue weighted by molar-refractivity contribution is 5.86. The van der Waals surface area contributed by atoms with Gasteiger partial charge in [0.05, 0.1) is 12.5 Å². The molecule has 3 rings (SSSR count). The van der Waals surface area contributed by atoms with Crippen LogP contribution < -0.4 is 10.1 Å². The van der Waals surface area contributed by atoms with Crippen LogP contribution in [-0.2, 0) is 9.59 Å². The highest BCUT2D eigenvalue weighted by Gasteiger charge is 2.33. The van der Waals surface area contributed by atoms with Gasteiger partial charge in [-0.1, -0.05) is 30.3 Å². The van der Waals surface area contributed by atoms with E-state index < -0.39 is 17.9 Å². The number of rotatable bonds is 5. The first-order chi connectivity index (χ1) is 12.4. The maximum atomic E-state index is 12.9. The highest BCUT2D eigenvalue weighted by Crippen LogP contribution is 2.36. The molecule has 2 aromatic rings. The largest absolute Gasteiger partial charge is 0.492 e. The first kappa shape index (κ1) is 18.0. The average molecular weight is 353 g/mol. The lowest BCUT2D eigenvalue weighted by Crippen LogP contribution is -2.35. The Morgan fingerprint density at radius 2 is 1.85 bits per heavy atom. The van der Waals surface area contributed by atoms with Crippen molar-refractivity contribution in [2.75, 3.05) is 6.61 Å². The van der Waals surface area contributed by atoms with Crippen molar-refractivity contribution in [3.63, 3.8) is 0 Å². The van der Waals surface area contributed by atoms with Crippen LogP contribution in [0.15, 0.2) is 36.4 Å². The monoisotopic (exact) mass is 353 g/mol. The Hall–Kier alpha value is -2.82. The van der Waals surface area contributed by atoms with Crippen LogP contribution in [0.1, 0.15) is 46.2 Å². The Kier molecular flexibility index (Phi) is 4.98. The van der Waals surface area contributed by atoms with Crippen LogP contribution in [0, 0.1) is 20.8 Å². The van der Waals surface area contributed by atoms with E-state index in [-0.39, 0.29) is 18.9 Å². The van der Waals surface area contributed by atoms with Gasteiger partial charge in [0.25, 0.3) is 0 Å². The molecule has 2 N–H and O–H groups in total. The molecule has 5 heteroatoms. The number of fused-ring (bicyclic) bond motifs is 1. The van der Waals surface area contributed by atoms with Crippen molar-refractivity contribution in [2.24, 2.45) is 0 Å². The Balaban J connectivity index is 1.85. The minimum atomic E-state index is -0.951. The van der Waals surface area contributed by atoms with Gasteiger partial charge in [-0.3, -0.25) is 9.59 Å². The molecule has 0 saturated carbocycles. The maximum absolute atomic E-state index is 12.9. The van der Waals surface area contributed by atoms with E-state index in [0.717, 1.165) is 33.6 Å². The molecule has 5 nitrogen and oxygen atoms in total. The van der Waals surface area contributed by atoms with Gasteiger partial charge in [-0.15, -0.1) is 0 Å². The van der Waals surface area contributed by atoms with E-state index in [0.29, 0.717) is 0 Å². The molecule has 1 amide bonds. The molecule has 1 aliphatic rings. The van der Waals surface area contributed by atoms with Crippen LogP contribution in [0.3, 0.4) is 0 Å². The molecule has 136 valence electrons. The number of carboxylic acid groups (broad SMARTS) is 1. The molecular weight excluding hydrogens is 330 g/mol. The lowest BCUT2D eigenvalue weighted by atomic mass is 9.94. The molecule has 0 aliphatic carbocycles. The van der Waals surface area contributed by atoms with Gasteiger partial charge in [0.1, 0.15) is 18.3 Å². The number of carbonyl (C=O) groups excluding carboxylic acids is 1. The van der Waals surface area contributed by atoms with E-state index in [1.165, 1.54) is 0 Å². The first-order valence-corrected chi connectivity index (χ1v) is 8.68. The van der Waals surface area contributed by atoms with E-state index in [2.05, 4.69) is 5.32 Å². The Morgan fingerprint density at radius 3 is 2.54 bits per heavy atom. The van der Waals surface area contributed by atoms with Crippen molar-refractivity contribution < 1.29 is 19.4 Å². The summed E-state index contributed by atoms with van der Waals surface area (Å²) >= 11 is 0. The molecular formula is C21H23NO4.